The van der Waals surface area contributed by atoms with Crippen molar-refractivity contribution >= 4 is 0 Å². The first-order valence-corrected chi connectivity index (χ1v) is 5.47. The first-order chi connectivity index (χ1) is 7.29. The van der Waals surface area contributed by atoms with Crippen LogP contribution in [0.2, 0.25) is 0 Å². The summed E-state index contributed by atoms with van der Waals surface area (Å²) in [4.78, 5) is 0. The molecule has 0 saturated heterocycles. The van der Waals surface area contributed by atoms with E-state index in [4.69, 9.17) is 4.74 Å². The minimum Gasteiger partial charge on any atom is -0.508 e. The topological polar surface area (TPSA) is 41.5 Å². The quantitative estimate of drug-likeness (QED) is 0.776. The molecule has 2 rings (SSSR count). The number of aromatic hydroxyl groups is 1. The van der Waals surface area contributed by atoms with Gasteiger partial charge in [-0.25, -0.2) is 0 Å². The molecule has 2 N–H and O–H groups in total. The molecule has 1 saturated carbocycles. The van der Waals surface area contributed by atoms with Crippen LogP contribution in [0, 0.1) is 0 Å². The van der Waals surface area contributed by atoms with Crippen molar-refractivity contribution in [3.63, 3.8) is 0 Å². The van der Waals surface area contributed by atoms with E-state index in [2.05, 4.69) is 5.32 Å². The van der Waals surface area contributed by atoms with Gasteiger partial charge in [-0.15, -0.1) is 0 Å². The van der Waals surface area contributed by atoms with E-state index in [0.29, 0.717) is 18.4 Å². The van der Waals surface area contributed by atoms with Crippen molar-refractivity contribution in [3.05, 3.63) is 23.8 Å². The Balaban J connectivity index is 2.01. The zero-order valence-corrected chi connectivity index (χ0v) is 8.99. The number of ether oxygens (including phenoxy) is 1. The van der Waals surface area contributed by atoms with E-state index < -0.39 is 0 Å². The molecule has 0 spiro atoms. The molecule has 0 radical (unpaired) electrons. The average molecular weight is 207 g/mol. The molecule has 0 aromatic heterocycles. The maximum Gasteiger partial charge on any atom is 0.120 e. The summed E-state index contributed by atoms with van der Waals surface area (Å²) in [6.45, 7) is 3.33. The standard InChI is InChI=1S/C12H17NO2/c1-2-15-11-5-6-12(14)9(7-11)8-13-10-3-4-10/h5-7,10,13-14H,2-4,8H2,1H3. The fraction of sp³-hybridized carbons (Fsp3) is 0.500. The van der Waals surface area contributed by atoms with E-state index in [-0.39, 0.29) is 0 Å². The van der Waals surface area contributed by atoms with Gasteiger partial charge in [-0.2, -0.15) is 0 Å². The lowest BCUT2D eigenvalue weighted by molar-refractivity contribution is 0.338. The Morgan fingerprint density at radius 2 is 2.27 bits per heavy atom. The average Bonchev–Trinajstić information content (AvgIpc) is 3.03. The zero-order chi connectivity index (χ0) is 10.7. The smallest absolute Gasteiger partial charge is 0.120 e. The maximum atomic E-state index is 9.64. The monoisotopic (exact) mass is 207 g/mol. The summed E-state index contributed by atoms with van der Waals surface area (Å²) in [7, 11) is 0. The van der Waals surface area contributed by atoms with Crippen LogP contribution in [-0.2, 0) is 6.54 Å². The molecule has 3 nitrogen and oxygen atoms in total. The maximum absolute atomic E-state index is 9.64. The van der Waals surface area contributed by atoms with Gasteiger partial charge in [0.15, 0.2) is 0 Å². The first-order valence-electron chi connectivity index (χ1n) is 5.47. The van der Waals surface area contributed by atoms with Crippen LogP contribution in [0.15, 0.2) is 18.2 Å². The van der Waals surface area contributed by atoms with E-state index in [1.807, 2.05) is 13.0 Å². The molecule has 1 aliphatic rings. The van der Waals surface area contributed by atoms with Crippen molar-refractivity contribution in [3.8, 4) is 11.5 Å². The minimum atomic E-state index is 0.339. The Labute approximate surface area is 90.1 Å². The minimum absolute atomic E-state index is 0.339. The third-order valence-electron chi connectivity index (χ3n) is 2.52. The second kappa shape index (κ2) is 4.53. The summed E-state index contributed by atoms with van der Waals surface area (Å²) >= 11 is 0. The van der Waals surface area contributed by atoms with Crippen LogP contribution in [0.25, 0.3) is 0 Å². The summed E-state index contributed by atoms with van der Waals surface area (Å²) in [6.07, 6.45) is 2.51. The lowest BCUT2D eigenvalue weighted by atomic mass is 10.2. The predicted molar refractivity (Wildman–Crippen MR) is 59.1 cm³/mol. The molecule has 15 heavy (non-hydrogen) atoms. The van der Waals surface area contributed by atoms with Gasteiger partial charge in [0, 0.05) is 18.2 Å². The van der Waals surface area contributed by atoms with Crippen molar-refractivity contribution in [1.82, 2.24) is 5.32 Å². The molecule has 0 heterocycles. The molecule has 82 valence electrons. The van der Waals surface area contributed by atoms with Crippen molar-refractivity contribution in [2.75, 3.05) is 6.61 Å². The van der Waals surface area contributed by atoms with E-state index >= 15 is 0 Å². The highest BCUT2D eigenvalue weighted by molar-refractivity contribution is 5.39. The lowest BCUT2D eigenvalue weighted by Gasteiger charge is -2.09. The van der Waals surface area contributed by atoms with Crippen molar-refractivity contribution in [2.45, 2.75) is 32.4 Å². The summed E-state index contributed by atoms with van der Waals surface area (Å²) in [6, 6.07) is 6.03. The Bertz CT molecular complexity index is 334. The number of nitrogens with one attached hydrogen (secondary N) is 1. The van der Waals surface area contributed by atoms with E-state index in [1.54, 1.807) is 12.1 Å². The molecular weight excluding hydrogens is 190 g/mol. The van der Waals surface area contributed by atoms with Crippen LogP contribution in [0.1, 0.15) is 25.3 Å². The van der Waals surface area contributed by atoms with Gasteiger partial charge in [-0.3, -0.25) is 0 Å². The molecule has 1 fully saturated rings. The fourth-order valence-corrected chi connectivity index (χ4v) is 1.50. The van der Waals surface area contributed by atoms with Crippen LogP contribution < -0.4 is 10.1 Å². The molecule has 0 aliphatic heterocycles. The summed E-state index contributed by atoms with van der Waals surface area (Å²) in [5, 5.41) is 13.0. The predicted octanol–water partition coefficient (Wildman–Crippen LogP) is 2.04. The molecular formula is C12H17NO2. The van der Waals surface area contributed by atoms with Crippen molar-refractivity contribution < 1.29 is 9.84 Å². The zero-order valence-electron chi connectivity index (χ0n) is 8.99. The number of rotatable bonds is 5. The fourth-order valence-electron chi connectivity index (χ4n) is 1.50. The van der Waals surface area contributed by atoms with Gasteiger partial charge < -0.3 is 15.2 Å². The molecule has 0 unspecified atom stereocenters. The molecule has 3 heteroatoms. The van der Waals surface area contributed by atoms with E-state index in [9.17, 15) is 5.11 Å². The van der Waals surface area contributed by atoms with Crippen LogP contribution in [0.4, 0.5) is 0 Å². The number of phenols is 1. The van der Waals surface area contributed by atoms with Gasteiger partial charge in [0.25, 0.3) is 0 Å². The third-order valence-corrected chi connectivity index (χ3v) is 2.52. The third kappa shape index (κ3) is 2.86. The first kappa shape index (κ1) is 10.3. The molecule has 0 atom stereocenters. The molecule has 1 aromatic rings. The second-order valence-electron chi connectivity index (χ2n) is 3.88. The lowest BCUT2D eigenvalue weighted by Crippen LogP contribution is -2.15. The largest absolute Gasteiger partial charge is 0.508 e. The van der Waals surface area contributed by atoms with Crippen LogP contribution in [0.3, 0.4) is 0 Å². The Morgan fingerprint density at radius 3 is 2.93 bits per heavy atom. The second-order valence-corrected chi connectivity index (χ2v) is 3.88. The van der Waals surface area contributed by atoms with Crippen molar-refractivity contribution in [2.24, 2.45) is 0 Å². The molecule has 1 aliphatic carbocycles. The van der Waals surface area contributed by atoms with Gasteiger partial charge in [0.2, 0.25) is 0 Å². The van der Waals surface area contributed by atoms with Crippen LogP contribution >= 0.6 is 0 Å². The number of benzene rings is 1. The Hall–Kier alpha value is -1.22. The van der Waals surface area contributed by atoms with Gasteiger partial charge >= 0.3 is 0 Å². The highest BCUT2D eigenvalue weighted by Crippen LogP contribution is 2.25. The Morgan fingerprint density at radius 1 is 1.47 bits per heavy atom. The van der Waals surface area contributed by atoms with E-state index in [1.165, 1.54) is 12.8 Å². The van der Waals surface area contributed by atoms with Gasteiger partial charge in [-0.1, -0.05) is 0 Å². The van der Waals surface area contributed by atoms with E-state index in [0.717, 1.165) is 17.9 Å². The molecule has 1 aromatic carbocycles. The number of hydrogen-bond acceptors (Lipinski definition) is 3. The normalized spacial score (nSPS) is 15.3. The number of hydrogen-bond donors (Lipinski definition) is 2. The summed E-state index contributed by atoms with van der Waals surface area (Å²) in [5.74, 6) is 1.16. The number of phenolic OH excluding ortho intramolecular Hbond substituents is 1. The Kier molecular flexibility index (Phi) is 3.11. The van der Waals surface area contributed by atoms with Gasteiger partial charge in [0.1, 0.15) is 11.5 Å². The SMILES string of the molecule is CCOc1ccc(O)c(CNC2CC2)c1. The highest BCUT2D eigenvalue weighted by Gasteiger charge is 2.20. The van der Waals surface area contributed by atoms with Gasteiger partial charge in [0.05, 0.1) is 6.61 Å². The van der Waals surface area contributed by atoms with Gasteiger partial charge in [-0.05, 0) is 38.0 Å². The van der Waals surface area contributed by atoms with Crippen molar-refractivity contribution in [1.29, 1.82) is 0 Å². The molecule has 0 amide bonds. The summed E-state index contributed by atoms with van der Waals surface area (Å²) < 4.78 is 5.39. The summed E-state index contributed by atoms with van der Waals surface area (Å²) in [5.41, 5.74) is 0.910. The van der Waals surface area contributed by atoms with Crippen LogP contribution in [-0.4, -0.2) is 17.8 Å². The molecule has 0 bridgehead atoms. The van der Waals surface area contributed by atoms with Crippen LogP contribution in [0.5, 0.6) is 11.5 Å². The highest BCUT2D eigenvalue weighted by atomic mass is 16.5.